The molecule has 1 aliphatic carbocycles. The SMILES string of the molecule is O=C(NC1c2cn(SCC3CCN(CCCC(F)(F)F)CC3)cc21)OCC(Cl)(Cl)Cl. The minimum Gasteiger partial charge on any atom is -0.445 e. The van der Waals surface area contributed by atoms with Gasteiger partial charge in [0.15, 0.2) is 0 Å². The molecule has 0 bridgehead atoms. The fourth-order valence-electron chi connectivity index (χ4n) is 3.47. The Hall–Kier alpha value is -0.480. The molecule has 0 radical (unpaired) electrons. The van der Waals surface area contributed by atoms with Crippen LogP contribution < -0.4 is 5.32 Å². The number of piperidine rings is 1. The number of halogens is 6. The summed E-state index contributed by atoms with van der Waals surface area (Å²) in [5.74, 6) is 1.50. The van der Waals surface area contributed by atoms with Gasteiger partial charge in [0.1, 0.15) is 6.61 Å². The zero-order valence-electron chi connectivity index (χ0n) is 16.1. The molecule has 12 heteroatoms. The summed E-state index contributed by atoms with van der Waals surface area (Å²) in [7, 11) is 0. The van der Waals surface area contributed by atoms with Gasteiger partial charge in [0.2, 0.25) is 3.79 Å². The smallest absolute Gasteiger partial charge is 0.408 e. The van der Waals surface area contributed by atoms with Crippen molar-refractivity contribution in [3.8, 4) is 0 Å². The maximum Gasteiger partial charge on any atom is 0.408 e. The van der Waals surface area contributed by atoms with E-state index in [2.05, 4.69) is 10.2 Å². The number of nitrogens with zero attached hydrogens (tertiary/aromatic N) is 2. The molecule has 2 aliphatic rings. The minimum absolute atomic E-state index is 0.148. The van der Waals surface area contributed by atoms with E-state index in [-0.39, 0.29) is 19.1 Å². The van der Waals surface area contributed by atoms with Crippen LogP contribution in [0.2, 0.25) is 0 Å². The lowest BCUT2D eigenvalue weighted by atomic mass is 9.99. The number of fused-ring (bicyclic) bond motifs is 1. The highest BCUT2D eigenvalue weighted by molar-refractivity contribution is 7.97. The highest BCUT2D eigenvalue weighted by atomic mass is 35.6. The summed E-state index contributed by atoms with van der Waals surface area (Å²) in [6.45, 7) is 1.90. The number of aromatic nitrogens is 1. The summed E-state index contributed by atoms with van der Waals surface area (Å²) in [6, 6.07) is -0.148. The summed E-state index contributed by atoms with van der Waals surface area (Å²) in [4.78, 5) is 13.8. The van der Waals surface area contributed by atoms with Crippen molar-refractivity contribution < 1.29 is 22.7 Å². The first-order valence-corrected chi connectivity index (χ1v) is 11.7. The van der Waals surface area contributed by atoms with Crippen molar-refractivity contribution in [2.75, 3.05) is 32.0 Å². The molecule has 0 unspecified atom stereocenters. The number of carbonyl (C=O) groups is 1. The zero-order chi connectivity index (χ0) is 21.9. The zero-order valence-corrected chi connectivity index (χ0v) is 19.1. The Balaban J connectivity index is 1.29. The summed E-state index contributed by atoms with van der Waals surface area (Å²) in [5, 5.41) is 2.70. The second-order valence-corrected chi connectivity index (χ2v) is 11.1. The largest absolute Gasteiger partial charge is 0.445 e. The lowest BCUT2D eigenvalue weighted by molar-refractivity contribution is -0.136. The second kappa shape index (κ2) is 9.98. The monoisotopic (exact) mass is 507 g/mol. The number of alkyl carbamates (subject to hydrolysis) is 1. The van der Waals surface area contributed by atoms with Crippen molar-refractivity contribution in [2.45, 2.75) is 41.7 Å². The minimum atomic E-state index is -4.06. The molecule has 170 valence electrons. The highest BCUT2D eigenvalue weighted by Crippen LogP contribution is 2.43. The van der Waals surface area contributed by atoms with E-state index in [1.54, 1.807) is 11.9 Å². The van der Waals surface area contributed by atoms with Crippen molar-refractivity contribution in [2.24, 2.45) is 5.92 Å². The van der Waals surface area contributed by atoms with E-state index in [1.807, 2.05) is 16.4 Å². The predicted octanol–water partition coefficient (Wildman–Crippen LogP) is 5.54. The van der Waals surface area contributed by atoms with Crippen molar-refractivity contribution in [3.05, 3.63) is 23.5 Å². The number of likely N-dealkylation sites (tertiary alicyclic amines) is 1. The molecule has 1 N–H and O–H groups in total. The normalized spacial score (nSPS) is 18.3. The lowest BCUT2D eigenvalue weighted by Crippen LogP contribution is -2.35. The van der Waals surface area contributed by atoms with Crippen molar-refractivity contribution in [1.29, 1.82) is 0 Å². The molecule has 0 spiro atoms. The van der Waals surface area contributed by atoms with Crippen LogP contribution in [0.5, 0.6) is 0 Å². The average molecular weight is 509 g/mol. The van der Waals surface area contributed by atoms with E-state index >= 15 is 0 Å². The quantitative estimate of drug-likeness (QED) is 0.469. The maximum absolute atomic E-state index is 12.2. The van der Waals surface area contributed by atoms with E-state index < -0.39 is 22.5 Å². The molecule has 5 nitrogen and oxygen atoms in total. The van der Waals surface area contributed by atoms with Gasteiger partial charge in [-0.05, 0) is 56.8 Å². The van der Waals surface area contributed by atoms with E-state index in [0.29, 0.717) is 12.5 Å². The fraction of sp³-hybridized carbons (Fsp3) is 0.722. The molecule has 1 saturated heterocycles. The van der Waals surface area contributed by atoms with Gasteiger partial charge < -0.3 is 15.0 Å². The van der Waals surface area contributed by atoms with Crippen LogP contribution in [0.3, 0.4) is 0 Å². The summed E-state index contributed by atoms with van der Waals surface area (Å²) < 4.78 is 42.0. The lowest BCUT2D eigenvalue weighted by Gasteiger charge is -2.31. The van der Waals surface area contributed by atoms with Crippen LogP contribution in [-0.4, -0.2) is 56.9 Å². The number of nitrogens with one attached hydrogen (secondary N) is 1. The molecule has 1 aromatic rings. The Labute approximate surface area is 192 Å². The van der Waals surface area contributed by atoms with Gasteiger partial charge in [0, 0.05) is 35.7 Å². The van der Waals surface area contributed by atoms with Gasteiger partial charge in [0.25, 0.3) is 0 Å². The summed E-state index contributed by atoms with van der Waals surface area (Å²) in [6.07, 6.45) is 0.723. The second-order valence-electron chi connectivity index (χ2n) is 7.60. The van der Waals surface area contributed by atoms with Crippen LogP contribution in [0.1, 0.15) is 42.9 Å². The van der Waals surface area contributed by atoms with E-state index in [1.165, 1.54) is 0 Å². The Kier molecular flexibility index (Phi) is 8.04. The van der Waals surface area contributed by atoms with Gasteiger partial charge in [-0.2, -0.15) is 13.2 Å². The van der Waals surface area contributed by atoms with Gasteiger partial charge in [-0.1, -0.05) is 34.8 Å². The van der Waals surface area contributed by atoms with Crippen LogP contribution in [-0.2, 0) is 4.74 Å². The molecule has 1 aromatic heterocycles. The van der Waals surface area contributed by atoms with Crippen LogP contribution >= 0.6 is 46.8 Å². The van der Waals surface area contributed by atoms with Gasteiger partial charge in [-0.15, -0.1) is 0 Å². The first-order valence-electron chi connectivity index (χ1n) is 9.64. The maximum atomic E-state index is 12.2. The summed E-state index contributed by atoms with van der Waals surface area (Å²) in [5.41, 5.74) is 2.07. The molecule has 0 atom stereocenters. The standard InChI is InChI=1S/C18H23Cl3F3N3O2S/c19-17(20,21)11-29-16(28)25-15-13-8-27(9-14(13)15)30-10-12-2-6-26(7-3-12)5-1-4-18(22,23)24/h8-9,12,15H,1-7,10-11H2,(H,25,28). The van der Waals surface area contributed by atoms with Crippen LogP contribution in [0, 0.1) is 5.92 Å². The topological polar surface area (TPSA) is 46.5 Å². The van der Waals surface area contributed by atoms with Crippen LogP contribution in [0.15, 0.2) is 12.4 Å². The van der Waals surface area contributed by atoms with Crippen molar-refractivity contribution in [1.82, 2.24) is 14.2 Å². The molecular formula is C18H23Cl3F3N3O2S. The van der Waals surface area contributed by atoms with Gasteiger partial charge in [-0.3, -0.25) is 3.97 Å². The Morgan fingerprint density at radius 3 is 2.40 bits per heavy atom. The van der Waals surface area contributed by atoms with Crippen molar-refractivity contribution >= 4 is 52.8 Å². The van der Waals surface area contributed by atoms with Gasteiger partial charge in [0.05, 0.1) is 6.04 Å². The first-order chi connectivity index (χ1) is 14.0. The third-order valence-electron chi connectivity index (χ3n) is 5.13. The fourth-order valence-corrected chi connectivity index (χ4v) is 4.73. The van der Waals surface area contributed by atoms with Crippen LogP contribution in [0.25, 0.3) is 0 Å². The van der Waals surface area contributed by atoms with E-state index in [9.17, 15) is 18.0 Å². The number of carbonyl (C=O) groups excluding carboxylic acids is 1. The molecule has 3 rings (SSSR count). The number of amides is 1. The molecule has 1 fully saturated rings. The number of ether oxygens (including phenoxy) is 1. The number of rotatable bonds is 8. The van der Waals surface area contributed by atoms with E-state index in [4.69, 9.17) is 39.5 Å². The highest BCUT2D eigenvalue weighted by Gasteiger charge is 2.37. The molecule has 30 heavy (non-hydrogen) atoms. The van der Waals surface area contributed by atoms with Gasteiger partial charge in [-0.25, -0.2) is 4.79 Å². The number of hydrogen-bond acceptors (Lipinski definition) is 4. The van der Waals surface area contributed by atoms with Crippen LogP contribution in [0.4, 0.5) is 18.0 Å². The number of hydrogen-bond donors (Lipinski definition) is 1. The van der Waals surface area contributed by atoms with E-state index in [0.717, 1.165) is 42.8 Å². The molecule has 1 amide bonds. The molecule has 0 aromatic carbocycles. The third kappa shape index (κ3) is 7.89. The van der Waals surface area contributed by atoms with Gasteiger partial charge >= 0.3 is 12.3 Å². The predicted molar refractivity (Wildman–Crippen MR) is 113 cm³/mol. The Bertz CT molecular complexity index is 713. The Morgan fingerprint density at radius 2 is 1.83 bits per heavy atom. The molecule has 0 saturated carbocycles. The molecule has 2 heterocycles. The number of alkyl halides is 6. The molecular weight excluding hydrogens is 486 g/mol. The first kappa shape index (κ1) is 24.2. The summed E-state index contributed by atoms with van der Waals surface area (Å²) >= 11 is 18.3. The molecule has 1 aliphatic heterocycles. The third-order valence-corrected chi connectivity index (χ3v) is 6.59. The average Bonchev–Trinajstić information content (AvgIpc) is 3.08. The Morgan fingerprint density at radius 1 is 1.20 bits per heavy atom. The van der Waals surface area contributed by atoms with Crippen molar-refractivity contribution in [3.63, 3.8) is 0 Å².